The normalized spacial score (nSPS) is 23.1. The summed E-state index contributed by atoms with van der Waals surface area (Å²) in [4.78, 5) is 14.2. The van der Waals surface area contributed by atoms with Gasteiger partial charge in [-0.15, -0.1) is 0 Å². The van der Waals surface area contributed by atoms with E-state index in [-0.39, 0.29) is 11.9 Å². The second kappa shape index (κ2) is 7.74. The molecule has 0 saturated carbocycles. The fraction of sp³-hybridized carbons (Fsp3) is 0.929. The number of amides is 1. The average Bonchev–Trinajstić information content (AvgIpc) is 2.30. The molecule has 1 amide bonds. The number of hydrogen-bond donors (Lipinski definition) is 2. The average molecular weight is 255 g/mol. The first kappa shape index (κ1) is 15.4. The minimum atomic E-state index is -0.353. The largest absolute Gasteiger partial charge is 0.355 e. The summed E-state index contributed by atoms with van der Waals surface area (Å²) in [6.07, 6.45) is 5.67. The maximum Gasteiger partial charge on any atom is 0.236 e. The van der Waals surface area contributed by atoms with Crippen LogP contribution in [-0.2, 0) is 4.79 Å². The SMILES string of the molecule is CC(C)C[C@H](N)C(=O)NCCC1CCCCN1C. The molecule has 1 saturated heterocycles. The van der Waals surface area contributed by atoms with E-state index >= 15 is 0 Å². The van der Waals surface area contributed by atoms with Gasteiger partial charge in [0.15, 0.2) is 0 Å². The minimum absolute atomic E-state index is 0.00200. The Hall–Kier alpha value is -0.610. The summed E-state index contributed by atoms with van der Waals surface area (Å²) in [5.74, 6) is 0.470. The van der Waals surface area contributed by atoms with E-state index in [1.54, 1.807) is 0 Å². The van der Waals surface area contributed by atoms with Crippen LogP contribution in [0.1, 0.15) is 46.0 Å². The van der Waals surface area contributed by atoms with Crippen LogP contribution in [0.2, 0.25) is 0 Å². The number of likely N-dealkylation sites (tertiary alicyclic amines) is 1. The van der Waals surface area contributed by atoms with E-state index in [1.165, 1.54) is 25.8 Å². The molecule has 106 valence electrons. The van der Waals surface area contributed by atoms with Crippen molar-refractivity contribution in [2.45, 2.75) is 58.0 Å². The first-order chi connectivity index (χ1) is 8.50. The van der Waals surface area contributed by atoms with Crippen molar-refractivity contribution in [2.24, 2.45) is 11.7 Å². The highest BCUT2D eigenvalue weighted by Crippen LogP contribution is 2.17. The molecule has 0 spiro atoms. The molecule has 0 radical (unpaired) electrons. The number of piperidine rings is 1. The molecule has 1 unspecified atom stereocenters. The summed E-state index contributed by atoms with van der Waals surface area (Å²) in [7, 11) is 2.18. The molecule has 1 aliphatic rings. The number of nitrogens with two attached hydrogens (primary N) is 1. The van der Waals surface area contributed by atoms with Crippen molar-refractivity contribution in [3.05, 3.63) is 0 Å². The van der Waals surface area contributed by atoms with Gasteiger partial charge in [-0.1, -0.05) is 20.3 Å². The lowest BCUT2D eigenvalue weighted by atomic mass is 10.00. The molecule has 0 bridgehead atoms. The zero-order valence-corrected chi connectivity index (χ0v) is 12.1. The molecule has 4 heteroatoms. The molecule has 1 fully saturated rings. The molecule has 0 aromatic carbocycles. The molecule has 3 N–H and O–H groups in total. The molecule has 4 nitrogen and oxygen atoms in total. The van der Waals surface area contributed by atoms with Gasteiger partial charge in [-0.05, 0) is 45.2 Å². The monoisotopic (exact) mass is 255 g/mol. The van der Waals surface area contributed by atoms with Crippen LogP contribution in [0.5, 0.6) is 0 Å². The molecule has 1 aliphatic heterocycles. The van der Waals surface area contributed by atoms with Crippen LogP contribution in [0, 0.1) is 5.92 Å². The van der Waals surface area contributed by atoms with Gasteiger partial charge in [0.2, 0.25) is 5.91 Å². The lowest BCUT2D eigenvalue weighted by Crippen LogP contribution is -2.44. The molecular formula is C14H29N3O. The standard InChI is InChI=1S/C14H29N3O/c1-11(2)10-13(15)14(18)16-8-7-12-6-4-5-9-17(12)3/h11-13H,4-10,15H2,1-3H3,(H,16,18)/t12?,13-/m0/s1. The molecule has 0 aliphatic carbocycles. The van der Waals surface area contributed by atoms with Crippen molar-refractivity contribution in [2.75, 3.05) is 20.1 Å². The zero-order valence-electron chi connectivity index (χ0n) is 12.1. The van der Waals surface area contributed by atoms with E-state index in [9.17, 15) is 4.79 Å². The molecule has 0 aromatic heterocycles. The first-order valence-corrected chi connectivity index (χ1v) is 7.24. The van der Waals surface area contributed by atoms with Gasteiger partial charge in [0.05, 0.1) is 6.04 Å². The van der Waals surface area contributed by atoms with E-state index < -0.39 is 0 Å². The summed E-state index contributed by atoms with van der Waals surface area (Å²) in [6.45, 7) is 6.11. The number of nitrogens with one attached hydrogen (secondary N) is 1. The van der Waals surface area contributed by atoms with Gasteiger partial charge in [-0.25, -0.2) is 0 Å². The van der Waals surface area contributed by atoms with E-state index in [0.29, 0.717) is 12.0 Å². The Morgan fingerprint density at radius 2 is 2.17 bits per heavy atom. The number of nitrogens with zero attached hydrogens (tertiary/aromatic N) is 1. The van der Waals surface area contributed by atoms with Crippen molar-refractivity contribution < 1.29 is 4.79 Å². The van der Waals surface area contributed by atoms with Crippen molar-refractivity contribution >= 4 is 5.91 Å². The highest BCUT2D eigenvalue weighted by atomic mass is 16.2. The maximum absolute atomic E-state index is 11.8. The van der Waals surface area contributed by atoms with Gasteiger partial charge < -0.3 is 16.0 Å². The highest BCUT2D eigenvalue weighted by Gasteiger charge is 2.19. The summed E-state index contributed by atoms with van der Waals surface area (Å²) in [6, 6.07) is 0.273. The van der Waals surface area contributed by atoms with Crippen molar-refractivity contribution in [3.8, 4) is 0 Å². The van der Waals surface area contributed by atoms with Crippen LogP contribution >= 0.6 is 0 Å². The van der Waals surface area contributed by atoms with Crippen LogP contribution in [-0.4, -0.2) is 43.0 Å². The molecule has 0 aromatic rings. The Kier molecular flexibility index (Phi) is 6.65. The van der Waals surface area contributed by atoms with E-state index in [4.69, 9.17) is 5.73 Å². The molecular weight excluding hydrogens is 226 g/mol. The Morgan fingerprint density at radius 1 is 1.44 bits per heavy atom. The lowest BCUT2D eigenvalue weighted by molar-refractivity contribution is -0.122. The highest BCUT2D eigenvalue weighted by molar-refractivity contribution is 5.81. The van der Waals surface area contributed by atoms with E-state index in [0.717, 1.165) is 19.4 Å². The Morgan fingerprint density at radius 3 is 2.78 bits per heavy atom. The van der Waals surface area contributed by atoms with Gasteiger partial charge in [0.25, 0.3) is 0 Å². The minimum Gasteiger partial charge on any atom is -0.355 e. The van der Waals surface area contributed by atoms with E-state index in [1.807, 2.05) is 0 Å². The smallest absolute Gasteiger partial charge is 0.236 e. The first-order valence-electron chi connectivity index (χ1n) is 7.24. The van der Waals surface area contributed by atoms with Gasteiger partial charge in [-0.2, -0.15) is 0 Å². The fourth-order valence-electron chi connectivity index (χ4n) is 2.62. The second-order valence-corrected chi connectivity index (χ2v) is 5.95. The van der Waals surface area contributed by atoms with Crippen LogP contribution in [0.15, 0.2) is 0 Å². The van der Waals surface area contributed by atoms with Crippen LogP contribution in [0.4, 0.5) is 0 Å². The fourth-order valence-corrected chi connectivity index (χ4v) is 2.62. The predicted octanol–water partition coefficient (Wildman–Crippen LogP) is 1.35. The summed E-state index contributed by atoms with van der Waals surface area (Å²) in [5, 5.41) is 2.97. The second-order valence-electron chi connectivity index (χ2n) is 5.95. The predicted molar refractivity (Wildman–Crippen MR) is 75.3 cm³/mol. The third-order valence-corrected chi connectivity index (χ3v) is 3.76. The lowest BCUT2D eigenvalue weighted by Gasteiger charge is -2.32. The van der Waals surface area contributed by atoms with Gasteiger partial charge in [0.1, 0.15) is 0 Å². The Bertz CT molecular complexity index is 255. The van der Waals surface area contributed by atoms with Gasteiger partial charge >= 0.3 is 0 Å². The molecule has 2 atom stereocenters. The zero-order chi connectivity index (χ0) is 13.5. The third kappa shape index (κ3) is 5.36. The molecule has 1 heterocycles. The van der Waals surface area contributed by atoms with Crippen LogP contribution in [0.3, 0.4) is 0 Å². The summed E-state index contributed by atoms with van der Waals surface area (Å²) >= 11 is 0. The summed E-state index contributed by atoms with van der Waals surface area (Å²) < 4.78 is 0. The Labute approximate surface area is 111 Å². The number of carbonyl (C=O) groups is 1. The quantitative estimate of drug-likeness (QED) is 0.753. The molecule has 18 heavy (non-hydrogen) atoms. The number of hydrogen-bond acceptors (Lipinski definition) is 3. The number of carbonyl (C=O) groups excluding carboxylic acids is 1. The summed E-state index contributed by atoms with van der Waals surface area (Å²) in [5.41, 5.74) is 5.84. The van der Waals surface area contributed by atoms with E-state index in [2.05, 4.69) is 31.1 Å². The maximum atomic E-state index is 11.8. The van der Waals surface area contributed by atoms with Gasteiger partial charge in [-0.3, -0.25) is 4.79 Å². The van der Waals surface area contributed by atoms with Crippen LogP contribution in [0.25, 0.3) is 0 Å². The third-order valence-electron chi connectivity index (χ3n) is 3.76. The number of rotatable bonds is 6. The van der Waals surface area contributed by atoms with Crippen LogP contribution < -0.4 is 11.1 Å². The topological polar surface area (TPSA) is 58.4 Å². The molecule has 1 rings (SSSR count). The Balaban J connectivity index is 2.18. The van der Waals surface area contributed by atoms with Crippen molar-refractivity contribution in [1.82, 2.24) is 10.2 Å². The van der Waals surface area contributed by atoms with Gasteiger partial charge in [0, 0.05) is 12.6 Å². The van der Waals surface area contributed by atoms with Crippen molar-refractivity contribution in [1.29, 1.82) is 0 Å². The van der Waals surface area contributed by atoms with Crippen molar-refractivity contribution in [3.63, 3.8) is 0 Å².